The normalized spacial score (nSPS) is 20.7. The van der Waals surface area contributed by atoms with Crippen LogP contribution in [-0.4, -0.2) is 84.1 Å². The number of nitrogens with zero attached hydrogens (tertiary/aromatic N) is 7. The predicted octanol–water partition coefficient (Wildman–Crippen LogP) is 3.54. The van der Waals surface area contributed by atoms with Gasteiger partial charge in [0.25, 0.3) is 5.91 Å². The molecule has 6 rings (SSSR count). The summed E-state index contributed by atoms with van der Waals surface area (Å²) in [7, 11) is 2.14. The molecule has 1 amide bonds. The average molecular weight is 564 g/mol. The minimum Gasteiger partial charge on any atom is -0.462 e. The van der Waals surface area contributed by atoms with Crippen LogP contribution < -0.4 is 14.5 Å². The zero-order chi connectivity index (χ0) is 29.2. The molecule has 42 heavy (non-hydrogen) atoms. The van der Waals surface area contributed by atoms with Crippen molar-refractivity contribution in [3.63, 3.8) is 0 Å². The maximum atomic E-state index is 12.4. The van der Waals surface area contributed by atoms with Gasteiger partial charge in [-0.25, -0.2) is 0 Å². The molecule has 2 atom stereocenters. The molecule has 0 aliphatic carbocycles. The molecule has 0 radical (unpaired) electrons. The van der Waals surface area contributed by atoms with Crippen LogP contribution in [0.5, 0.6) is 6.01 Å². The lowest BCUT2D eigenvalue weighted by molar-refractivity contribution is -0.127. The van der Waals surface area contributed by atoms with Crippen LogP contribution in [0.3, 0.4) is 0 Å². The van der Waals surface area contributed by atoms with E-state index in [-0.39, 0.29) is 18.4 Å². The van der Waals surface area contributed by atoms with Gasteiger partial charge in [-0.1, -0.05) is 30.3 Å². The molecule has 2 fully saturated rings. The highest BCUT2D eigenvalue weighted by Crippen LogP contribution is 2.36. The Morgan fingerprint density at radius 3 is 2.69 bits per heavy atom. The first-order valence-corrected chi connectivity index (χ1v) is 14.8. The number of benzene rings is 2. The minimum absolute atomic E-state index is 0.211. The van der Waals surface area contributed by atoms with Gasteiger partial charge in [-0.15, -0.1) is 6.42 Å². The summed E-state index contributed by atoms with van der Waals surface area (Å²) in [6.07, 6.45) is 8.70. The lowest BCUT2D eigenvalue weighted by Gasteiger charge is -2.41. The molecule has 1 aromatic heterocycles. The van der Waals surface area contributed by atoms with Crippen LogP contribution in [0.25, 0.3) is 10.8 Å². The number of carbonyl (C=O) groups excluding carboxylic acids is 1. The first-order chi connectivity index (χ1) is 20.5. The number of aryl methyl sites for hydroxylation is 1. The molecule has 0 N–H and O–H groups in total. The van der Waals surface area contributed by atoms with Crippen molar-refractivity contribution in [1.82, 2.24) is 19.8 Å². The number of rotatable bonds is 6. The minimum atomic E-state index is -0.370. The smallest absolute Gasteiger partial charge is 0.318 e. The monoisotopic (exact) mass is 563 g/mol. The number of carbonyl (C=O) groups is 1. The van der Waals surface area contributed by atoms with Gasteiger partial charge in [0.05, 0.1) is 30.8 Å². The van der Waals surface area contributed by atoms with Crippen molar-refractivity contribution in [3.05, 3.63) is 53.2 Å². The van der Waals surface area contributed by atoms with E-state index in [9.17, 15) is 10.1 Å². The molecule has 216 valence electrons. The standard InChI is InChI=1S/C33H37N7O2/c1-4-30(41)40-19-18-39(20-25(40)13-15-34)32-27-14-17-38(29-12-6-10-24-9-5-8-23(2)31(24)29)21-28(27)35-33(36-32)42-22-26-11-7-16-37(26)3/h1,5-6,8-10,12,25-26H,7,11,13-14,16-22H2,2-3H3/t25-,26-/m0/s1. The fourth-order valence-electron chi connectivity index (χ4n) is 6.73. The van der Waals surface area contributed by atoms with Crippen LogP contribution in [0.4, 0.5) is 11.5 Å². The highest BCUT2D eigenvalue weighted by atomic mass is 16.5. The van der Waals surface area contributed by atoms with Gasteiger partial charge in [-0.2, -0.15) is 15.2 Å². The highest BCUT2D eigenvalue weighted by Gasteiger charge is 2.34. The summed E-state index contributed by atoms with van der Waals surface area (Å²) in [5.74, 6) is 2.70. The summed E-state index contributed by atoms with van der Waals surface area (Å²) >= 11 is 0. The Labute approximate surface area is 247 Å². The zero-order valence-corrected chi connectivity index (χ0v) is 24.4. The molecule has 9 heteroatoms. The van der Waals surface area contributed by atoms with E-state index >= 15 is 0 Å². The SMILES string of the molecule is C#CC(=O)N1CCN(c2nc(OC[C@@H]3CCCN3C)nc3c2CCN(c2cccc4cccc(C)c24)C3)C[C@@H]1CC#N. The largest absolute Gasteiger partial charge is 0.462 e. The molecule has 3 aliphatic rings. The topological polar surface area (TPSA) is 88.8 Å². The van der Waals surface area contributed by atoms with Gasteiger partial charge in [-0.05, 0) is 62.7 Å². The number of terminal acetylenes is 1. The van der Waals surface area contributed by atoms with Crippen molar-refractivity contribution < 1.29 is 9.53 Å². The average Bonchev–Trinajstić information content (AvgIpc) is 3.43. The number of hydrogen-bond acceptors (Lipinski definition) is 8. The van der Waals surface area contributed by atoms with Gasteiger partial charge in [0, 0.05) is 48.9 Å². The second-order valence-electron chi connectivity index (χ2n) is 11.6. The Balaban J connectivity index is 1.34. The molecule has 2 aromatic carbocycles. The molecule has 0 saturated carbocycles. The fourth-order valence-corrected chi connectivity index (χ4v) is 6.73. The second kappa shape index (κ2) is 11.9. The lowest BCUT2D eigenvalue weighted by atomic mass is 9.99. The molecular formula is C33H37N7O2. The molecule has 3 aliphatic heterocycles. The number of piperazine rings is 1. The van der Waals surface area contributed by atoms with Gasteiger partial charge in [0.15, 0.2) is 0 Å². The van der Waals surface area contributed by atoms with Crippen LogP contribution in [0, 0.1) is 30.6 Å². The number of hydrogen-bond donors (Lipinski definition) is 0. The molecule has 9 nitrogen and oxygen atoms in total. The van der Waals surface area contributed by atoms with Crippen molar-refractivity contribution in [2.24, 2.45) is 0 Å². The summed E-state index contributed by atoms with van der Waals surface area (Å²) in [6.45, 7) is 6.78. The van der Waals surface area contributed by atoms with Crippen LogP contribution >= 0.6 is 0 Å². The summed E-state index contributed by atoms with van der Waals surface area (Å²) in [5.41, 5.74) is 4.54. The third-order valence-corrected chi connectivity index (χ3v) is 9.02. The maximum Gasteiger partial charge on any atom is 0.318 e. The summed E-state index contributed by atoms with van der Waals surface area (Å²) < 4.78 is 6.29. The van der Waals surface area contributed by atoms with Crippen molar-refractivity contribution in [3.8, 4) is 24.4 Å². The van der Waals surface area contributed by atoms with Gasteiger partial charge < -0.3 is 24.3 Å². The van der Waals surface area contributed by atoms with E-state index in [1.165, 1.54) is 28.4 Å². The fraction of sp³-hybridized carbons (Fsp3) is 0.455. The Bertz CT molecular complexity index is 1570. The number of amides is 1. The molecule has 0 spiro atoms. The van der Waals surface area contributed by atoms with Crippen molar-refractivity contribution in [2.45, 2.75) is 51.2 Å². The first-order valence-electron chi connectivity index (χ1n) is 14.8. The molecule has 2 saturated heterocycles. The summed E-state index contributed by atoms with van der Waals surface area (Å²) in [6, 6.07) is 15.6. The first kappa shape index (κ1) is 27.8. The van der Waals surface area contributed by atoms with Crippen molar-refractivity contribution in [2.75, 3.05) is 56.2 Å². The third kappa shape index (κ3) is 5.33. The van der Waals surface area contributed by atoms with Gasteiger partial charge >= 0.3 is 6.01 Å². The Morgan fingerprint density at radius 2 is 1.93 bits per heavy atom. The molecular weight excluding hydrogens is 526 g/mol. The summed E-state index contributed by atoms with van der Waals surface area (Å²) in [4.78, 5) is 30.9. The number of ether oxygens (including phenoxy) is 1. The second-order valence-corrected chi connectivity index (χ2v) is 11.6. The Morgan fingerprint density at radius 1 is 1.10 bits per heavy atom. The number of aromatic nitrogens is 2. The van der Waals surface area contributed by atoms with Crippen LogP contribution in [0.2, 0.25) is 0 Å². The zero-order valence-electron chi connectivity index (χ0n) is 24.4. The third-order valence-electron chi connectivity index (χ3n) is 9.02. The number of likely N-dealkylation sites (N-methyl/N-ethyl adjacent to an activating group) is 1. The van der Waals surface area contributed by atoms with E-state index in [4.69, 9.17) is 21.1 Å². The number of anilines is 2. The maximum absolute atomic E-state index is 12.4. The quantitative estimate of drug-likeness (QED) is 0.421. The van der Waals surface area contributed by atoms with Crippen molar-refractivity contribution in [1.29, 1.82) is 5.26 Å². The van der Waals surface area contributed by atoms with Gasteiger partial charge in [0.2, 0.25) is 0 Å². The van der Waals surface area contributed by atoms with E-state index in [0.29, 0.717) is 44.8 Å². The van der Waals surface area contributed by atoms with Crippen molar-refractivity contribution >= 4 is 28.2 Å². The van der Waals surface area contributed by atoms with E-state index < -0.39 is 0 Å². The molecule has 4 heterocycles. The number of fused-ring (bicyclic) bond motifs is 2. The van der Waals surface area contributed by atoms with Gasteiger partial charge in [-0.3, -0.25) is 4.79 Å². The van der Waals surface area contributed by atoms with Gasteiger partial charge in [0.1, 0.15) is 12.4 Å². The molecule has 0 unspecified atom stereocenters. The number of likely N-dealkylation sites (tertiary alicyclic amines) is 1. The highest BCUT2D eigenvalue weighted by molar-refractivity contribution is 5.97. The van der Waals surface area contributed by atoms with E-state index in [1.54, 1.807) is 4.90 Å². The molecule has 0 bridgehead atoms. The number of nitriles is 1. The predicted molar refractivity (Wildman–Crippen MR) is 163 cm³/mol. The van der Waals surface area contributed by atoms with Crippen LogP contribution in [0.1, 0.15) is 36.1 Å². The van der Waals surface area contributed by atoms with Crippen LogP contribution in [0.15, 0.2) is 36.4 Å². The Kier molecular flexibility index (Phi) is 7.86. The van der Waals surface area contributed by atoms with E-state index in [1.807, 2.05) is 0 Å². The van der Waals surface area contributed by atoms with Crippen LogP contribution in [-0.2, 0) is 17.8 Å². The summed E-state index contributed by atoms with van der Waals surface area (Å²) in [5, 5.41) is 12.0. The molecule has 3 aromatic rings. The van der Waals surface area contributed by atoms with E-state index in [2.05, 4.69) is 77.1 Å². The Hall–Kier alpha value is -4.34. The van der Waals surface area contributed by atoms with E-state index in [0.717, 1.165) is 43.0 Å². The lowest BCUT2D eigenvalue weighted by Crippen LogP contribution is -2.55.